The van der Waals surface area contributed by atoms with Crippen molar-refractivity contribution in [3.63, 3.8) is 0 Å². The Morgan fingerprint density at radius 1 is 1.11 bits per heavy atom. The number of hydrogen-bond donors (Lipinski definition) is 3. The zero-order valence-corrected chi connectivity index (χ0v) is 16.5. The van der Waals surface area contributed by atoms with Gasteiger partial charge in [-0.2, -0.15) is 0 Å². The first-order valence-electron chi connectivity index (χ1n) is 8.78. The summed E-state index contributed by atoms with van der Waals surface area (Å²) >= 11 is 5.36. The minimum atomic E-state index is -0.0610. The van der Waals surface area contributed by atoms with Crippen LogP contribution in [0.15, 0.2) is 47.3 Å². The Morgan fingerprint density at radius 3 is 2.63 bits per heavy atom. The number of pyridine rings is 1. The quantitative estimate of drug-likeness (QED) is 0.589. The molecule has 0 aliphatic carbocycles. The average Bonchev–Trinajstić information content (AvgIpc) is 2.62. The van der Waals surface area contributed by atoms with Gasteiger partial charge in [0.2, 0.25) is 0 Å². The van der Waals surface area contributed by atoms with E-state index in [1.165, 1.54) is 0 Å². The first kappa shape index (κ1) is 18.9. The maximum absolute atomic E-state index is 12.3. The summed E-state index contributed by atoms with van der Waals surface area (Å²) in [4.78, 5) is 15.2. The molecule has 140 valence electrons. The van der Waals surface area contributed by atoms with E-state index in [-0.39, 0.29) is 5.56 Å². The molecule has 5 nitrogen and oxygen atoms in total. The fraction of sp³-hybridized carbons (Fsp3) is 0.238. The van der Waals surface area contributed by atoms with Crippen molar-refractivity contribution in [1.82, 2.24) is 10.3 Å². The number of rotatable bonds is 5. The van der Waals surface area contributed by atoms with Crippen LogP contribution in [0.25, 0.3) is 10.9 Å². The summed E-state index contributed by atoms with van der Waals surface area (Å²) in [7, 11) is 1.62. The molecule has 2 aromatic carbocycles. The molecule has 0 spiro atoms. The van der Waals surface area contributed by atoms with Crippen molar-refractivity contribution in [3.8, 4) is 5.75 Å². The standard InChI is InChI=1S/C21H23N3O2S/c1-13-4-6-15-12-16(20(25)23-17(15)10-13)8-9-22-21(27)24-18-11-14(2)5-7-19(18)26-3/h4-7,10-12H,8-9H2,1-3H3,(H,23,25)(H2,22,24,27). The number of aromatic nitrogens is 1. The highest BCUT2D eigenvalue weighted by Gasteiger charge is 2.07. The molecule has 0 amide bonds. The van der Waals surface area contributed by atoms with Crippen molar-refractivity contribution in [1.29, 1.82) is 0 Å². The third kappa shape index (κ3) is 4.65. The Balaban J connectivity index is 1.63. The van der Waals surface area contributed by atoms with Gasteiger partial charge in [0, 0.05) is 17.6 Å². The van der Waals surface area contributed by atoms with E-state index in [0.717, 1.165) is 39.0 Å². The van der Waals surface area contributed by atoms with E-state index in [2.05, 4.69) is 15.6 Å². The van der Waals surface area contributed by atoms with E-state index >= 15 is 0 Å². The van der Waals surface area contributed by atoms with Gasteiger partial charge in [-0.3, -0.25) is 4.79 Å². The van der Waals surface area contributed by atoms with Gasteiger partial charge in [0.25, 0.3) is 5.56 Å². The number of aromatic amines is 1. The molecular weight excluding hydrogens is 358 g/mol. The normalized spacial score (nSPS) is 10.6. The maximum atomic E-state index is 12.3. The summed E-state index contributed by atoms with van der Waals surface area (Å²) in [6, 6.07) is 13.8. The van der Waals surface area contributed by atoms with Crippen LogP contribution in [0.3, 0.4) is 0 Å². The van der Waals surface area contributed by atoms with Crippen molar-refractivity contribution >= 4 is 33.9 Å². The van der Waals surface area contributed by atoms with E-state index in [1.807, 2.05) is 56.3 Å². The molecule has 0 saturated heterocycles. The van der Waals surface area contributed by atoms with E-state index in [0.29, 0.717) is 18.1 Å². The first-order valence-corrected chi connectivity index (χ1v) is 9.19. The summed E-state index contributed by atoms with van der Waals surface area (Å²) in [6.07, 6.45) is 0.575. The molecule has 0 saturated carbocycles. The van der Waals surface area contributed by atoms with Crippen LogP contribution < -0.4 is 20.9 Å². The molecule has 27 heavy (non-hydrogen) atoms. The van der Waals surface area contributed by atoms with Crippen molar-refractivity contribution in [2.24, 2.45) is 0 Å². The Kier molecular flexibility index (Phi) is 5.76. The fourth-order valence-corrected chi connectivity index (χ4v) is 3.15. The zero-order valence-electron chi connectivity index (χ0n) is 15.7. The zero-order chi connectivity index (χ0) is 19.4. The van der Waals surface area contributed by atoms with E-state index in [1.54, 1.807) is 7.11 Å². The number of thiocarbonyl (C=S) groups is 1. The van der Waals surface area contributed by atoms with Crippen molar-refractivity contribution in [2.45, 2.75) is 20.3 Å². The summed E-state index contributed by atoms with van der Waals surface area (Å²) in [5.74, 6) is 0.728. The lowest BCUT2D eigenvalue weighted by molar-refractivity contribution is 0.417. The van der Waals surface area contributed by atoms with Crippen LogP contribution in [0.1, 0.15) is 16.7 Å². The van der Waals surface area contributed by atoms with Crippen LogP contribution in [-0.4, -0.2) is 23.8 Å². The molecule has 0 aliphatic heterocycles. The molecule has 1 heterocycles. The summed E-state index contributed by atoms with van der Waals surface area (Å²) in [5.41, 5.74) is 4.58. The Bertz CT molecular complexity index is 1040. The minimum Gasteiger partial charge on any atom is -0.495 e. The lowest BCUT2D eigenvalue weighted by atomic mass is 10.1. The van der Waals surface area contributed by atoms with Crippen molar-refractivity contribution < 1.29 is 4.74 Å². The molecule has 0 bridgehead atoms. The summed E-state index contributed by atoms with van der Waals surface area (Å²) in [5, 5.41) is 7.82. The van der Waals surface area contributed by atoms with Gasteiger partial charge in [0.15, 0.2) is 5.11 Å². The van der Waals surface area contributed by atoms with Crippen LogP contribution in [-0.2, 0) is 6.42 Å². The first-order chi connectivity index (χ1) is 13.0. The van der Waals surface area contributed by atoms with Gasteiger partial charge in [-0.1, -0.05) is 18.2 Å². The monoisotopic (exact) mass is 381 g/mol. The predicted molar refractivity (Wildman–Crippen MR) is 115 cm³/mol. The average molecular weight is 382 g/mol. The van der Waals surface area contributed by atoms with Gasteiger partial charge < -0.3 is 20.4 Å². The predicted octanol–water partition coefficient (Wildman–Crippen LogP) is 3.68. The van der Waals surface area contributed by atoms with Crippen LogP contribution in [0.5, 0.6) is 5.75 Å². The largest absolute Gasteiger partial charge is 0.495 e. The summed E-state index contributed by atoms with van der Waals surface area (Å²) < 4.78 is 5.34. The third-order valence-corrected chi connectivity index (χ3v) is 4.61. The second-order valence-corrected chi connectivity index (χ2v) is 6.96. The van der Waals surface area contributed by atoms with Gasteiger partial charge in [0.1, 0.15) is 5.75 Å². The molecule has 1 aromatic heterocycles. The lowest BCUT2D eigenvalue weighted by Gasteiger charge is -2.14. The Labute approximate surface area is 163 Å². The van der Waals surface area contributed by atoms with Crippen LogP contribution >= 0.6 is 12.2 Å². The van der Waals surface area contributed by atoms with E-state index in [9.17, 15) is 4.79 Å². The Morgan fingerprint density at radius 2 is 1.85 bits per heavy atom. The number of aryl methyl sites for hydroxylation is 2. The minimum absolute atomic E-state index is 0.0610. The molecule has 0 aliphatic rings. The number of nitrogens with one attached hydrogen (secondary N) is 3. The second-order valence-electron chi connectivity index (χ2n) is 6.55. The van der Waals surface area contributed by atoms with Crippen molar-refractivity contribution in [2.75, 3.05) is 19.0 Å². The molecule has 3 N–H and O–H groups in total. The van der Waals surface area contributed by atoms with E-state index in [4.69, 9.17) is 17.0 Å². The molecule has 3 rings (SSSR count). The molecule has 0 radical (unpaired) electrons. The number of methoxy groups -OCH3 is 1. The molecule has 0 atom stereocenters. The van der Waals surface area contributed by atoms with Crippen LogP contribution in [0.2, 0.25) is 0 Å². The molecular formula is C21H23N3O2S. The number of hydrogen-bond acceptors (Lipinski definition) is 3. The van der Waals surface area contributed by atoms with Crippen LogP contribution in [0.4, 0.5) is 5.69 Å². The maximum Gasteiger partial charge on any atom is 0.251 e. The highest BCUT2D eigenvalue weighted by molar-refractivity contribution is 7.80. The number of anilines is 1. The summed E-state index contributed by atoms with van der Waals surface area (Å²) in [6.45, 7) is 4.57. The number of ether oxygens (including phenoxy) is 1. The highest BCUT2D eigenvalue weighted by Crippen LogP contribution is 2.25. The number of fused-ring (bicyclic) bond motifs is 1. The number of benzene rings is 2. The SMILES string of the molecule is COc1ccc(C)cc1NC(=S)NCCc1cc2ccc(C)cc2[nH]c1=O. The molecule has 0 fully saturated rings. The van der Waals surface area contributed by atoms with Gasteiger partial charge in [-0.05, 0) is 73.3 Å². The van der Waals surface area contributed by atoms with Gasteiger partial charge in [0.05, 0.1) is 12.8 Å². The van der Waals surface area contributed by atoms with Gasteiger partial charge in [-0.15, -0.1) is 0 Å². The third-order valence-electron chi connectivity index (χ3n) is 4.36. The number of H-pyrrole nitrogens is 1. The fourth-order valence-electron chi connectivity index (χ4n) is 2.94. The van der Waals surface area contributed by atoms with Crippen molar-refractivity contribution in [3.05, 3.63) is 69.5 Å². The van der Waals surface area contributed by atoms with Gasteiger partial charge >= 0.3 is 0 Å². The van der Waals surface area contributed by atoms with Crippen LogP contribution in [0, 0.1) is 13.8 Å². The lowest BCUT2D eigenvalue weighted by Crippen LogP contribution is -2.31. The smallest absolute Gasteiger partial charge is 0.251 e. The molecule has 3 aromatic rings. The Hall–Kier alpha value is -2.86. The molecule has 0 unspecified atom stereocenters. The second kappa shape index (κ2) is 8.22. The molecule has 6 heteroatoms. The topological polar surface area (TPSA) is 66.2 Å². The highest BCUT2D eigenvalue weighted by atomic mass is 32.1. The van der Waals surface area contributed by atoms with Gasteiger partial charge in [-0.25, -0.2) is 0 Å². The van der Waals surface area contributed by atoms with E-state index < -0.39 is 0 Å².